The van der Waals surface area contributed by atoms with Crippen LogP contribution >= 0.6 is 11.8 Å². The van der Waals surface area contributed by atoms with Gasteiger partial charge in [0, 0.05) is 10.6 Å². The number of nitrogens with one attached hydrogen (secondary N) is 1. The number of halogens is 2. The van der Waals surface area contributed by atoms with Crippen LogP contribution in [-0.2, 0) is 14.8 Å². The van der Waals surface area contributed by atoms with Crippen LogP contribution in [0, 0.1) is 11.6 Å². The largest absolute Gasteiger partial charge is 0.495 e. The van der Waals surface area contributed by atoms with Gasteiger partial charge in [-0.2, -0.15) is 0 Å². The molecule has 0 fully saturated rings. The summed E-state index contributed by atoms with van der Waals surface area (Å²) in [7, 11) is -2.76. The number of anilines is 1. The predicted molar refractivity (Wildman–Crippen MR) is 90.1 cm³/mol. The fourth-order valence-electron chi connectivity index (χ4n) is 1.90. The Kier molecular flexibility index (Phi) is 5.98. The molecule has 6 nitrogen and oxygen atoms in total. The smallest absolute Gasteiger partial charge is 0.241 e. The van der Waals surface area contributed by atoms with E-state index >= 15 is 0 Å². The van der Waals surface area contributed by atoms with Crippen molar-refractivity contribution in [1.29, 1.82) is 0 Å². The summed E-state index contributed by atoms with van der Waals surface area (Å²) < 4.78 is 54.6. The first-order valence-electron chi connectivity index (χ1n) is 6.79. The Morgan fingerprint density at radius 3 is 2.60 bits per heavy atom. The zero-order chi connectivity index (χ0) is 18.6. The lowest BCUT2D eigenvalue weighted by Gasteiger charge is -2.10. The third-order valence-electron chi connectivity index (χ3n) is 3.01. The van der Waals surface area contributed by atoms with Crippen molar-refractivity contribution in [3.05, 3.63) is 48.0 Å². The topological polar surface area (TPSA) is 98.5 Å². The maximum absolute atomic E-state index is 13.5. The van der Waals surface area contributed by atoms with Gasteiger partial charge >= 0.3 is 0 Å². The maximum atomic E-state index is 13.5. The Balaban J connectivity index is 2.09. The number of carbonyl (C=O) groups is 1. The van der Waals surface area contributed by atoms with E-state index in [0.717, 1.165) is 36.0 Å². The fraction of sp³-hybridized carbons (Fsp3) is 0.133. The van der Waals surface area contributed by atoms with Crippen molar-refractivity contribution in [3.8, 4) is 5.75 Å². The van der Waals surface area contributed by atoms with Crippen molar-refractivity contribution in [2.45, 2.75) is 9.79 Å². The summed E-state index contributed by atoms with van der Waals surface area (Å²) in [5.41, 5.74) is 0.176. The molecule has 0 unspecified atom stereocenters. The number of amides is 1. The summed E-state index contributed by atoms with van der Waals surface area (Å²) in [5, 5.41) is 7.56. The normalized spacial score (nSPS) is 11.2. The molecule has 0 radical (unpaired) electrons. The van der Waals surface area contributed by atoms with E-state index in [1.54, 1.807) is 0 Å². The molecule has 3 N–H and O–H groups in total. The number of thioether (sulfide) groups is 1. The quantitative estimate of drug-likeness (QED) is 0.740. The first kappa shape index (κ1) is 19.2. The Labute approximate surface area is 147 Å². The minimum absolute atomic E-state index is 0.00453. The van der Waals surface area contributed by atoms with Crippen LogP contribution in [0.2, 0.25) is 0 Å². The highest BCUT2D eigenvalue weighted by Crippen LogP contribution is 2.27. The molecule has 10 heteroatoms. The third-order valence-corrected chi connectivity index (χ3v) is 4.97. The average molecular weight is 388 g/mol. The number of rotatable bonds is 6. The fourth-order valence-corrected chi connectivity index (χ4v) is 3.39. The lowest BCUT2D eigenvalue weighted by Crippen LogP contribution is -2.17. The molecule has 0 spiro atoms. The third kappa shape index (κ3) is 5.15. The van der Waals surface area contributed by atoms with Crippen molar-refractivity contribution in [2.75, 3.05) is 18.2 Å². The van der Waals surface area contributed by atoms with Gasteiger partial charge in [-0.25, -0.2) is 22.3 Å². The molecule has 0 atom stereocenters. The highest BCUT2D eigenvalue weighted by molar-refractivity contribution is 8.00. The molecule has 0 bridgehead atoms. The maximum Gasteiger partial charge on any atom is 0.241 e. The molecule has 2 rings (SSSR count). The van der Waals surface area contributed by atoms with Gasteiger partial charge in [0.1, 0.15) is 22.3 Å². The minimum atomic E-state index is -4.04. The standard InChI is InChI=1S/C15H14F2N2O4S2/c1-23-12-5-3-10(7-14(12)25(18,21)22)19-15(20)8-24-13-6-9(16)2-4-11(13)17/h2-7H,8H2,1H3,(H,19,20)(H2,18,21,22). The van der Waals surface area contributed by atoms with Gasteiger partial charge in [-0.15, -0.1) is 11.8 Å². The van der Waals surface area contributed by atoms with E-state index in [-0.39, 0.29) is 27.0 Å². The first-order chi connectivity index (χ1) is 11.7. The van der Waals surface area contributed by atoms with E-state index in [0.29, 0.717) is 0 Å². The second kappa shape index (κ2) is 7.81. The molecule has 0 aliphatic carbocycles. The summed E-state index contributed by atoms with van der Waals surface area (Å²) in [6, 6.07) is 6.86. The van der Waals surface area contributed by atoms with E-state index in [2.05, 4.69) is 5.32 Å². The molecule has 25 heavy (non-hydrogen) atoms. The van der Waals surface area contributed by atoms with E-state index in [9.17, 15) is 22.0 Å². The number of methoxy groups -OCH3 is 1. The summed E-state index contributed by atoms with van der Waals surface area (Å²) in [4.78, 5) is 11.7. The number of primary sulfonamides is 1. The molecule has 0 heterocycles. The number of hydrogen-bond acceptors (Lipinski definition) is 5. The van der Waals surface area contributed by atoms with Gasteiger partial charge in [0.25, 0.3) is 0 Å². The number of hydrogen-bond donors (Lipinski definition) is 2. The average Bonchev–Trinajstić information content (AvgIpc) is 2.55. The van der Waals surface area contributed by atoms with Crippen LogP contribution in [0.4, 0.5) is 14.5 Å². The number of benzene rings is 2. The van der Waals surface area contributed by atoms with Crippen LogP contribution in [0.15, 0.2) is 46.2 Å². The summed E-state index contributed by atoms with van der Waals surface area (Å²) in [5.74, 6) is -1.94. The molecule has 0 aliphatic rings. The zero-order valence-electron chi connectivity index (χ0n) is 13.0. The van der Waals surface area contributed by atoms with Crippen molar-refractivity contribution < 1.29 is 26.7 Å². The van der Waals surface area contributed by atoms with Crippen LogP contribution < -0.4 is 15.2 Å². The lowest BCUT2D eigenvalue weighted by atomic mass is 10.3. The predicted octanol–water partition coefficient (Wildman–Crippen LogP) is 2.35. The monoisotopic (exact) mass is 388 g/mol. The second-order valence-corrected chi connectivity index (χ2v) is 7.37. The van der Waals surface area contributed by atoms with E-state index in [4.69, 9.17) is 9.88 Å². The molecule has 0 aromatic heterocycles. The number of carbonyl (C=O) groups excluding carboxylic acids is 1. The van der Waals surface area contributed by atoms with Crippen molar-refractivity contribution >= 4 is 33.4 Å². The Morgan fingerprint density at radius 2 is 1.96 bits per heavy atom. The molecule has 0 aliphatic heterocycles. The molecular formula is C15H14F2N2O4S2. The first-order valence-corrected chi connectivity index (χ1v) is 9.32. The summed E-state index contributed by atoms with van der Waals surface area (Å²) >= 11 is 0.811. The van der Waals surface area contributed by atoms with Gasteiger partial charge in [-0.05, 0) is 36.4 Å². The molecular weight excluding hydrogens is 374 g/mol. The summed E-state index contributed by atoms with van der Waals surface area (Å²) in [6.07, 6.45) is 0. The Bertz CT molecular complexity index is 904. The number of nitrogens with two attached hydrogens (primary N) is 1. The van der Waals surface area contributed by atoms with Crippen LogP contribution in [0.3, 0.4) is 0 Å². The van der Waals surface area contributed by atoms with E-state index in [1.165, 1.54) is 19.2 Å². The highest BCUT2D eigenvalue weighted by Gasteiger charge is 2.16. The van der Waals surface area contributed by atoms with Crippen LogP contribution in [0.1, 0.15) is 0 Å². The Hall–Kier alpha value is -2.17. The van der Waals surface area contributed by atoms with Gasteiger partial charge < -0.3 is 10.1 Å². The van der Waals surface area contributed by atoms with Crippen LogP contribution in [-0.4, -0.2) is 27.2 Å². The number of ether oxygens (including phenoxy) is 1. The van der Waals surface area contributed by atoms with E-state index in [1.807, 2.05) is 0 Å². The molecule has 134 valence electrons. The second-order valence-electron chi connectivity index (χ2n) is 4.82. The van der Waals surface area contributed by atoms with Crippen molar-refractivity contribution in [1.82, 2.24) is 0 Å². The van der Waals surface area contributed by atoms with Gasteiger partial charge in [-0.3, -0.25) is 4.79 Å². The van der Waals surface area contributed by atoms with Gasteiger partial charge in [0.05, 0.1) is 12.9 Å². The molecule has 0 saturated carbocycles. The highest BCUT2D eigenvalue weighted by atomic mass is 32.2. The molecule has 0 saturated heterocycles. The Morgan fingerprint density at radius 1 is 1.24 bits per heavy atom. The van der Waals surface area contributed by atoms with Crippen molar-refractivity contribution in [3.63, 3.8) is 0 Å². The zero-order valence-corrected chi connectivity index (χ0v) is 14.6. The van der Waals surface area contributed by atoms with Crippen molar-refractivity contribution in [2.24, 2.45) is 5.14 Å². The lowest BCUT2D eigenvalue weighted by molar-refractivity contribution is -0.113. The molecule has 1 amide bonds. The molecule has 2 aromatic rings. The van der Waals surface area contributed by atoms with Gasteiger partial charge in [0.15, 0.2) is 0 Å². The SMILES string of the molecule is COc1ccc(NC(=O)CSc2cc(F)ccc2F)cc1S(N)(=O)=O. The van der Waals surface area contributed by atoms with Gasteiger partial charge in [-0.1, -0.05) is 0 Å². The minimum Gasteiger partial charge on any atom is -0.495 e. The summed E-state index contributed by atoms with van der Waals surface area (Å²) in [6.45, 7) is 0. The van der Waals surface area contributed by atoms with Crippen LogP contribution in [0.25, 0.3) is 0 Å². The van der Waals surface area contributed by atoms with Crippen LogP contribution in [0.5, 0.6) is 5.75 Å². The number of sulfonamides is 1. The van der Waals surface area contributed by atoms with E-state index < -0.39 is 27.6 Å². The molecule has 2 aromatic carbocycles. The van der Waals surface area contributed by atoms with Gasteiger partial charge in [0.2, 0.25) is 15.9 Å².